The van der Waals surface area contributed by atoms with Crippen molar-refractivity contribution in [1.82, 2.24) is 15.1 Å². The van der Waals surface area contributed by atoms with E-state index in [-0.39, 0.29) is 11.8 Å². The molecule has 1 amide bonds. The molecular formula is C15H19N3O2. The first-order valence-electron chi connectivity index (χ1n) is 6.94. The molecule has 0 bridgehead atoms. The highest BCUT2D eigenvalue weighted by Crippen LogP contribution is 2.17. The second-order valence-corrected chi connectivity index (χ2v) is 4.57. The average molecular weight is 273 g/mol. The Bertz CT molecular complexity index is 545. The molecule has 0 aliphatic heterocycles. The average Bonchev–Trinajstić information content (AvgIpc) is 2.97. The minimum atomic E-state index is -0.191. The van der Waals surface area contributed by atoms with Gasteiger partial charge in [0.1, 0.15) is 0 Å². The number of benzene rings is 1. The molecule has 0 unspecified atom stereocenters. The van der Waals surface area contributed by atoms with Gasteiger partial charge in [0.2, 0.25) is 5.89 Å². The molecule has 106 valence electrons. The molecule has 0 N–H and O–H groups in total. The Morgan fingerprint density at radius 1 is 1.10 bits per heavy atom. The fourth-order valence-electron chi connectivity index (χ4n) is 2.00. The number of nitrogens with zero attached hydrogens (tertiary/aromatic N) is 3. The third-order valence-corrected chi connectivity index (χ3v) is 2.90. The third kappa shape index (κ3) is 3.23. The lowest BCUT2D eigenvalue weighted by atomic mass is 10.2. The monoisotopic (exact) mass is 273 g/mol. The number of hydrogen-bond acceptors (Lipinski definition) is 4. The van der Waals surface area contributed by atoms with Gasteiger partial charge in [0, 0.05) is 18.7 Å². The maximum absolute atomic E-state index is 12.3. The maximum Gasteiger partial charge on any atom is 0.311 e. The zero-order valence-electron chi connectivity index (χ0n) is 11.9. The summed E-state index contributed by atoms with van der Waals surface area (Å²) < 4.78 is 5.49. The van der Waals surface area contributed by atoms with Gasteiger partial charge in [0.05, 0.1) is 0 Å². The summed E-state index contributed by atoms with van der Waals surface area (Å²) in [7, 11) is 0. The van der Waals surface area contributed by atoms with Crippen molar-refractivity contribution < 1.29 is 9.21 Å². The van der Waals surface area contributed by atoms with E-state index in [2.05, 4.69) is 10.2 Å². The summed E-state index contributed by atoms with van der Waals surface area (Å²) in [5, 5.41) is 7.82. The Balaban J connectivity index is 2.17. The molecule has 0 fully saturated rings. The summed E-state index contributed by atoms with van der Waals surface area (Å²) in [5.41, 5.74) is 0.816. The number of carbonyl (C=O) groups is 1. The Kier molecular flexibility index (Phi) is 4.87. The SMILES string of the molecule is CCCN(CCC)C(=O)c1nnc(-c2ccccc2)o1. The van der Waals surface area contributed by atoms with Crippen LogP contribution in [0.2, 0.25) is 0 Å². The predicted molar refractivity (Wildman–Crippen MR) is 76.2 cm³/mol. The van der Waals surface area contributed by atoms with Gasteiger partial charge < -0.3 is 9.32 Å². The standard InChI is InChI=1S/C15H19N3O2/c1-3-10-18(11-4-2)15(19)14-17-16-13(20-14)12-8-6-5-7-9-12/h5-9H,3-4,10-11H2,1-2H3. The summed E-state index contributed by atoms with van der Waals surface area (Å²) in [6.45, 7) is 5.49. The van der Waals surface area contributed by atoms with Gasteiger partial charge in [-0.3, -0.25) is 4.79 Å². The van der Waals surface area contributed by atoms with Crippen LogP contribution in [0, 0.1) is 0 Å². The normalized spacial score (nSPS) is 10.5. The molecule has 1 aromatic heterocycles. The highest BCUT2D eigenvalue weighted by Gasteiger charge is 2.21. The molecule has 0 spiro atoms. The van der Waals surface area contributed by atoms with Gasteiger partial charge in [0.25, 0.3) is 0 Å². The smallest absolute Gasteiger partial charge is 0.311 e. The van der Waals surface area contributed by atoms with Gasteiger partial charge in [0.15, 0.2) is 0 Å². The van der Waals surface area contributed by atoms with Crippen LogP contribution in [0.15, 0.2) is 34.7 Å². The lowest BCUT2D eigenvalue weighted by Gasteiger charge is -2.18. The van der Waals surface area contributed by atoms with E-state index in [0.717, 1.165) is 18.4 Å². The molecular weight excluding hydrogens is 254 g/mol. The van der Waals surface area contributed by atoms with Gasteiger partial charge in [-0.25, -0.2) is 0 Å². The first-order chi connectivity index (χ1) is 9.76. The van der Waals surface area contributed by atoms with Crippen LogP contribution in [0.3, 0.4) is 0 Å². The molecule has 5 heteroatoms. The van der Waals surface area contributed by atoms with Crippen molar-refractivity contribution in [2.45, 2.75) is 26.7 Å². The minimum Gasteiger partial charge on any atom is -0.412 e. The highest BCUT2D eigenvalue weighted by molar-refractivity contribution is 5.89. The van der Waals surface area contributed by atoms with Gasteiger partial charge in [-0.1, -0.05) is 32.0 Å². The summed E-state index contributed by atoms with van der Waals surface area (Å²) in [6.07, 6.45) is 1.82. The lowest BCUT2D eigenvalue weighted by molar-refractivity contribution is 0.0716. The van der Waals surface area contributed by atoms with E-state index in [0.29, 0.717) is 19.0 Å². The molecule has 1 aromatic carbocycles. The van der Waals surface area contributed by atoms with Gasteiger partial charge in [-0.05, 0) is 25.0 Å². The molecule has 0 saturated carbocycles. The number of amides is 1. The van der Waals surface area contributed by atoms with Crippen molar-refractivity contribution in [3.8, 4) is 11.5 Å². The molecule has 20 heavy (non-hydrogen) atoms. The number of aromatic nitrogens is 2. The van der Waals surface area contributed by atoms with Crippen molar-refractivity contribution in [2.24, 2.45) is 0 Å². The quantitative estimate of drug-likeness (QED) is 0.811. The van der Waals surface area contributed by atoms with Gasteiger partial charge >= 0.3 is 11.8 Å². The van der Waals surface area contributed by atoms with E-state index in [1.807, 2.05) is 44.2 Å². The number of rotatable bonds is 6. The third-order valence-electron chi connectivity index (χ3n) is 2.90. The molecule has 0 atom stereocenters. The van der Waals surface area contributed by atoms with Crippen LogP contribution >= 0.6 is 0 Å². The first-order valence-corrected chi connectivity index (χ1v) is 6.94. The van der Waals surface area contributed by atoms with E-state index in [1.165, 1.54) is 0 Å². The Hall–Kier alpha value is -2.17. The minimum absolute atomic E-state index is 0.0609. The van der Waals surface area contributed by atoms with Gasteiger partial charge in [-0.15, -0.1) is 10.2 Å². The summed E-state index contributed by atoms with van der Waals surface area (Å²) in [6, 6.07) is 9.44. The second-order valence-electron chi connectivity index (χ2n) is 4.57. The van der Waals surface area contributed by atoms with Crippen molar-refractivity contribution in [3.63, 3.8) is 0 Å². The summed E-state index contributed by atoms with van der Waals surface area (Å²) >= 11 is 0. The van der Waals surface area contributed by atoms with Crippen LogP contribution in [0.25, 0.3) is 11.5 Å². The molecule has 0 aliphatic carbocycles. The first kappa shape index (κ1) is 14.2. The maximum atomic E-state index is 12.3. The van der Waals surface area contributed by atoms with Crippen LogP contribution in [0.4, 0.5) is 0 Å². The fraction of sp³-hybridized carbons (Fsp3) is 0.400. The largest absolute Gasteiger partial charge is 0.412 e. The summed E-state index contributed by atoms with van der Waals surface area (Å²) in [5.74, 6) is 0.246. The van der Waals surface area contributed by atoms with Crippen LogP contribution in [0.5, 0.6) is 0 Å². The molecule has 5 nitrogen and oxygen atoms in total. The van der Waals surface area contributed by atoms with Crippen LogP contribution in [0.1, 0.15) is 37.4 Å². The molecule has 0 saturated heterocycles. The molecule has 0 radical (unpaired) electrons. The Labute approximate surface area is 118 Å². The Morgan fingerprint density at radius 3 is 2.35 bits per heavy atom. The summed E-state index contributed by atoms with van der Waals surface area (Å²) in [4.78, 5) is 14.1. The van der Waals surface area contributed by atoms with Crippen molar-refractivity contribution >= 4 is 5.91 Å². The zero-order chi connectivity index (χ0) is 14.4. The number of carbonyl (C=O) groups excluding carboxylic acids is 1. The van der Waals surface area contributed by atoms with Crippen molar-refractivity contribution in [3.05, 3.63) is 36.2 Å². The lowest BCUT2D eigenvalue weighted by Crippen LogP contribution is -2.32. The van der Waals surface area contributed by atoms with E-state index in [4.69, 9.17) is 4.42 Å². The van der Waals surface area contributed by atoms with Crippen LogP contribution < -0.4 is 0 Å². The fourth-order valence-corrected chi connectivity index (χ4v) is 2.00. The van der Waals surface area contributed by atoms with E-state index in [9.17, 15) is 4.79 Å². The molecule has 0 aliphatic rings. The van der Waals surface area contributed by atoms with Crippen LogP contribution in [-0.4, -0.2) is 34.1 Å². The van der Waals surface area contributed by atoms with E-state index in [1.54, 1.807) is 4.90 Å². The predicted octanol–water partition coefficient (Wildman–Crippen LogP) is 3.00. The molecule has 2 aromatic rings. The van der Waals surface area contributed by atoms with E-state index < -0.39 is 0 Å². The molecule has 2 rings (SSSR count). The van der Waals surface area contributed by atoms with Crippen molar-refractivity contribution in [2.75, 3.05) is 13.1 Å². The second kappa shape index (κ2) is 6.84. The highest BCUT2D eigenvalue weighted by atomic mass is 16.4. The van der Waals surface area contributed by atoms with Crippen molar-refractivity contribution in [1.29, 1.82) is 0 Å². The van der Waals surface area contributed by atoms with E-state index >= 15 is 0 Å². The Morgan fingerprint density at radius 2 is 1.75 bits per heavy atom. The topological polar surface area (TPSA) is 59.2 Å². The zero-order valence-corrected chi connectivity index (χ0v) is 11.9. The van der Waals surface area contributed by atoms with Gasteiger partial charge in [-0.2, -0.15) is 0 Å². The number of hydrogen-bond donors (Lipinski definition) is 0. The van der Waals surface area contributed by atoms with Crippen LogP contribution in [-0.2, 0) is 0 Å². The molecule has 1 heterocycles.